The van der Waals surface area contributed by atoms with Crippen LogP contribution in [0.4, 0.5) is 0 Å². The van der Waals surface area contributed by atoms with E-state index in [9.17, 15) is 4.79 Å². The van der Waals surface area contributed by atoms with Gasteiger partial charge in [0.1, 0.15) is 5.52 Å². The molecule has 0 bridgehead atoms. The quantitative estimate of drug-likeness (QED) is 0.590. The molecule has 0 atom stereocenters. The maximum Gasteiger partial charge on any atom is 0.215 e. The minimum Gasteiger partial charge on any atom is -0.338 e. The fourth-order valence-corrected chi connectivity index (χ4v) is 3.50. The standard InChI is InChI=1S/C20H28N4O.ClH/c1-15-9-10-17-16(13-15)20(25)19-18(14-21-23(19)4)24(17)12-8-6-5-7-11-22(2)3;/h9-10,13-14H,5-8,11-12H2,1-4H3;1H. The third-order valence-electron chi connectivity index (χ3n) is 4.85. The van der Waals surface area contributed by atoms with Crippen LogP contribution in [0.15, 0.2) is 29.2 Å². The smallest absolute Gasteiger partial charge is 0.215 e. The second-order valence-electron chi connectivity index (χ2n) is 7.22. The molecule has 0 saturated heterocycles. The third kappa shape index (κ3) is 4.10. The summed E-state index contributed by atoms with van der Waals surface area (Å²) in [6.45, 7) is 4.10. The van der Waals surface area contributed by atoms with E-state index >= 15 is 0 Å². The van der Waals surface area contributed by atoms with Crippen LogP contribution in [-0.4, -0.2) is 39.9 Å². The Hall–Kier alpha value is -1.85. The van der Waals surface area contributed by atoms with Crippen molar-refractivity contribution in [3.63, 3.8) is 0 Å². The lowest BCUT2D eigenvalue weighted by molar-refractivity contribution is 0.389. The average Bonchev–Trinajstić information content (AvgIpc) is 2.95. The van der Waals surface area contributed by atoms with E-state index in [0.717, 1.165) is 41.5 Å². The maximum absolute atomic E-state index is 12.9. The number of fused-ring (bicyclic) bond motifs is 2. The van der Waals surface area contributed by atoms with Crippen LogP contribution in [0.1, 0.15) is 31.2 Å². The topological polar surface area (TPSA) is 43.1 Å². The molecule has 3 rings (SSSR count). The van der Waals surface area contributed by atoms with Crippen LogP contribution in [0.25, 0.3) is 21.9 Å². The molecular formula is C20H29ClN4O. The first-order valence-electron chi connectivity index (χ1n) is 9.08. The predicted octanol–water partition coefficient (Wildman–Crippen LogP) is 3.74. The number of hydrogen-bond donors (Lipinski definition) is 0. The van der Waals surface area contributed by atoms with Gasteiger partial charge in [0.2, 0.25) is 5.43 Å². The number of unbranched alkanes of at least 4 members (excludes halogenated alkanes) is 3. The highest BCUT2D eigenvalue weighted by atomic mass is 35.5. The predicted molar refractivity (Wildman–Crippen MR) is 111 cm³/mol. The van der Waals surface area contributed by atoms with Crippen LogP contribution in [-0.2, 0) is 13.6 Å². The summed E-state index contributed by atoms with van der Waals surface area (Å²) in [7, 11) is 6.08. The lowest BCUT2D eigenvalue weighted by atomic mass is 10.1. The van der Waals surface area contributed by atoms with Gasteiger partial charge < -0.3 is 9.47 Å². The molecule has 0 aliphatic carbocycles. The van der Waals surface area contributed by atoms with Crippen molar-refractivity contribution >= 4 is 34.3 Å². The number of halogens is 1. The number of nitrogens with zero attached hydrogens (tertiary/aromatic N) is 4. The zero-order chi connectivity index (χ0) is 18.0. The lowest BCUT2D eigenvalue weighted by Gasteiger charge is -2.14. The first kappa shape index (κ1) is 20.5. The monoisotopic (exact) mass is 376 g/mol. The van der Waals surface area contributed by atoms with Gasteiger partial charge in [0.25, 0.3) is 0 Å². The van der Waals surface area contributed by atoms with E-state index in [2.05, 4.69) is 40.8 Å². The number of aromatic nitrogens is 3. The van der Waals surface area contributed by atoms with E-state index in [1.807, 2.05) is 26.2 Å². The average molecular weight is 377 g/mol. The SMILES string of the molecule is Cc1ccc2c(c1)c(=O)c1c(cnn1C)n2CCCCCCN(C)C.Cl. The van der Waals surface area contributed by atoms with Crippen molar-refractivity contribution in [3.8, 4) is 0 Å². The van der Waals surface area contributed by atoms with Crippen LogP contribution in [0.2, 0.25) is 0 Å². The molecule has 0 aliphatic heterocycles. The highest BCUT2D eigenvalue weighted by Crippen LogP contribution is 2.21. The molecule has 0 aliphatic rings. The van der Waals surface area contributed by atoms with Crippen LogP contribution >= 0.6 is 12.4 Å². The number of hydrogen-bond acceptors (Lipinski definition) is 3. The molecule has 142 valence electrons. The fourth-order valence-electron chi connectivity index (χ4n) is 3.50. The van der Waals surface area contributed by atoms with E-state index < -0.39 is 0 Å². The molecule has 0 N–H and O–H groups in total. The summed E-state index contributed by atoms with van der Waals surface area (Å²) in [6.07, 6.45) is 6.62. The van der Waals surface area contributed by atoms with E-state index in [1.54, 1.807) is 4.68 Å². The van der Waals surface area contributed by atoms with Gasteiger partial charge in [-0.3, -0.25) is 9.48 Å². The second-order valence-corrected chi connectivity index (χ2v) is 7.22. The lowest BCUT2D eigenvalue weighted by Crippen LogP contribution is -2.14. The Labute approximate surface area is 161 Å². The molecular weight excluding hydrogens is 348 g/mol. The summed E-state index contributed by atoms with van der Waals surface area (Å²) >= 11 is 0. The molecule has 0 fully saturated rings. The molecule has 5 nitrogen and oxygen atoms in total. The van der Waals surface area contributed by atoms with Crippen LogP contribution < -0.4 is 5.43 Å². The third-order valence-corrected chi connectivity index (χ3v) is 4.85. The van der Waals surface area contributed by atoms with Crippen molar-refractivity contribution in [2.24, 2.45) is 7.05 Å². The van der Waals surface area contributed by atoms with Crippen molar-refractivity contribution in [1.29, 1.82) is 0 Å². The largest absolute Gasteiger partial charge is 0.338 e. The van der Waals surface area contributed by atoms with Crippen molar-refractivity contribution in [2.45, 2.75) is 39.2 Å². The molecule has 1 aromatic carbocycles. The van der Waals surface area contributed by atoms with Gasteiger partial charge in [0.15, 0.2) is 0 Å². The van der Waals surface area contributed by atoms with Gasteiger partial charge in [0, 0.05) is 19.0 Å². The molecule has 0 spiro atoms. The summed E-state index contributed by atoms with van der Waals surface area (Å²) < 4.78 is 3.97. The van der Waals surface area contributed by atoms with Crippen molar-refractivity contribution in [2.75, 3.05) is 20.6 Å². The molecule has 0 radical (unpaired) electrons. The summed E-state index contributed by atoms with van der Waals surface area (Å²) in [5.74, 6) is 0. The van der Waals surface area contributed by atoms with Crippen molar-refractivity contribution in [3.05, 3.63) is 40.2 Å². The van der Waals surface area contributed by atoms with Gasteiger partial charge in [-0.05, 0) is 52.5 Å². The van der Waals surface area contributed by atoms with Gasteiger partial charge in [-0.15, -0.1) is 12.4 Å². The first-order valence-corrected chi connectivity index (χ1v) is 9.08. The zero-order valence-corrected chi connectivity index (χ0v) is 17.0. The van der Waals surface area contributed by atoms with E-state index in [1.165, 1.54) is 19.3 Å². The highest BCUT2D eigenvalue weighted by molar-refractivity contribution is 5.92. The number of rotatable bonds is 7. The zero-order valence-electron chi connectivity index (χ0n) is 16.2. The normalized spacial score (nSPS) is 11.4. The Balaban J connectivity index is 0.00000243. The van der Waals surface area contributed by atoms with Crippen LogP contribution in [0.3, 0.4) is 0 Å². The maximum atomic E-state index is 12.9. The van der Waals surface area contributed by atoms with Gasteiger partial charge in [0.05, 0.1) is 17.2 Å². The molecule has 3 aromatic rings. The first-order chi connectivity index (χ1) is 12.0. The molecule has 26 heavy (non-hydrogen) atoms. The fraction of sp³-hybridized carbons (Fsp3) is 0.500. The Morgan fingerprint density at radius 3 is 2.54 bits per heavy atom. The molecule has 6 heteroatoms. The highest BCUT2D eigenvalue weighted by Gasteiger charge is 2.14. The van der Waals surface area contributed by atoms with Gasteiger partial charge in [-0.25, -0.2) is 0 Å². The summed E-state index contributed by atoms with van der Waals surface area (Å²) in [5, 5.41) is 5.13. The number of pyridine rings is 1. The van der Waals surface area contributed by atoms with Crippen LogP contribution in [0.5, 0.6) is 0 Å². The number of aryl methyl sites for hydroxylation is 3. The van der Waals surface area contributed by atoms with E-state index in [-0.39, 0.29) is 17.8 Å². The Bertz CT molecular complexity index is 942. The molecule has 0 saturated carbocycles. The molecule has 2 aromatic heterocycles. The van der Waals surface area contributed by atoms with E-state index in [4.69, 9.17) is 0 Å². The van der Waals surface area contributed by atoms with Gasteiger partial charge in [-0.1, -0.05) is 24.5 Å². The van der Waals surface area contributed by atoms with E-state index in [0.29, 0.717) is 5.52 Å². The van der Waals surface area contributed by atoms with Crippen molar-refractivity contribution < 1.29 is 0 Å². The number of benzene rings is 1. The Morgan fingerprint density at radius 1 is 1.08 bits per heavy atom. The minimum atomic E-state index is 0. The summed E-state index contributed by atoms with van der Waals surface area (Å²) in [4.78, 5) is 15.1. The van der Waals surface area contributed by atoms with Crippen LogP contribution in [0, 0.1) is 6.92 Å². The molecule has 0 unspecified atom stereocenters. The van der Waals surface area contributed by atoms with Crippen molar-refractivity contribution in [1.82, 2.24) is 19.2 Å². The van der Waals surface area contributed by atoms with Gasteiger partial charge >= 0.3 is 0 Å². The molecule has 0 amide bonds. The molecule has 2 heterocycles. The summed E-state index contributed by atoms with van der Waals surface area (Å²) in [6, 6.07) is 6.15. The second kappa shape index (κ2) is 8.69. The Morgan fingerprint density at radius 2 is 1.81 bits per heavy atom. The Kier molecular flexibility index (Phi) is 6.84. The van der Waals surface area contributed by atoms with Gasteiger partial charge in [-0.2, -0.15) is 5.10 Å². The minimum absolute atomic E-state index is 0. The summed E-state index contributed by atoms with van der Waals surface area (Å²) in [5.41, 5.74) is 3.85.